The van der Waals surface area contributed by atoms with Crippen molar-refractivity contribution in [3.8, 4) is 0 Å². The molecule has 1 amide bonds. The molecule has 2 aromatic heterocycles. The Kier molecular flexibility index (Phi) is 5.80. The Hall–Kier alpha value is -1.59. The lowest BCUT2D eigenvalue weighted by atomic mass is 10.1. The van der Waals surface area contributed by atoms with Crippen LogP contribution < -0.4 is 0 Å². The number of nitrogens with zero attached hydrogens (tertiary/aromatic N) is 2. The molecule has 0 atom stereocenters. The Balaban J connectivity index is 2.11. The van der Waals surface area contributed by atoms with Crippen LogP contribution in [0, 0.1) is 5.92 Å². The third-order valence-corrected chi connectivity index (χ3v) is 4.31. The molecule has 2 aromatic rings. The van der Waals surface area contributed by atoms with Gasteiger partial charge in [0, 0.05) is 17.1 Å². The number of carbonyl (C=O) groups is 1. The van der Waals surface area contributed by atoms with Crippen molar-refractivity contribution < 1.29 is 4.79 Å². The van der Waals surface area contributed by atoms with Crippen LogP contribution in [0.15, 0.2) is 30.9 Å². The minimum atomic E-state index is -0.101. The highest BCUT2D eigenvalue weighted by Crippen LogP contribution is 2.23. The van der Waals surface area contributed by atoms with Gasteiger partial charge < -0.3 is 4.90 Å². The van der Waals surface area contributed by atoms with Gasteiger partial charge in [-0.2, -0.15) is 5.10 Å². The maximum Gasteiger partial charge on any atom is 0.274 e. The first kappa shape index (κ1) is 16.8. The van der Waals surface area contributed by atoms with Crippen LogP contribution in [0.3, 0.4) is 0 Å². The maximum atomic E-state index is 12.6. The SMILES string of the molecule is C=CCN(Cc1ccc(Cl)s1)C(=O)c1cc(CC(C)C)[nH]n1. The monoisotopic (exact) mass is 337 g/mol. The van der Waals surface area contributed by atoms with E-state index in [1.54, 1.807) is 11.0 Å². The number of rotatable bonds is 7. The second-order valence-electron chi connectivity index (χ2n) is 5.56. The first-order valence-corrected chi connectivity index (χ1v) is 8.37. The van der Waals surface area contributed by atoms with Gasteiger partial charge in [0.15, 0.2) is 0 Å². The van der Waals surface area contributed by atoms with E-state index in [-0.39, 0.29) is 5.91 Å². The van der Waals surface area contributed by atoms with Gasteiger partial charge >= 0.3 is 0 Å². The van der Waals surface area contributed by atoms with Crippen molar-refractivity contribution in [3.63, 3.8) is 0 Å². The van der Waals surface area contributed by atoms with Gasteiger partial charge in [0.05, 0.1) is 10.9 Å². The number of hydrogen-bond acceptors (Lipinski definition) is 3. The molecule has 0 fully saturated rings. The molecule has 2 rings (SSSR count). The van der Waals surface area contributed by atoms with E-state index < -0.39 is 0 Å². The van der Waals surface area contributed by atoms with Crippen LogP contribution >= 0.6 is 22.9 Å². The van der Waals surface area contributed by atoms with Crippen LogP contribution in [-0.2, 0) is 13.0 Å². The number of aromatic nitrogens is 2. The predicted octanol–water partition coefficient (Wildman–Crippen LogP) is 4.15. The van der Waals surface area contributed by atoms with Gasteiger partial charge in [-0.05, 0) is 30.5 Å². The molecule has 0 aliphatic rings. The fourth-order valence-corrected chi connectivity index (χ4v) is 3.28. The largest absolute Gasteiger partial charge is 0.328 e. The number of aromatic amines is 1. The molecule has 0 aliphatic heterocycles. The van der Waals surface area contributed by atoms with Crippen LogP contribution in [0.4, 0.5) is 0 Å². The zero-order valence-corrected chi connectivity index (χ0v) is 14.4. The lowest BCUT2D eigenvalue weighted by Gasteiger charge is -2.19. The van der Waals surface area contributed by atoms with Crippen molar-refractivity contribution in [2.45, 2.75) is 26.8 Å². The summed E-state index contributed by atoms with van der Waals surface area (Å²) in [5.74, 6) is 0.414. The van der Waals surface area contributed by atoms with E-state index >= 15 is 0 Å². The molecule has 6 heteroatoms. The first-order chi connectivity index (χ1) is 10.5. The summed E-state index contributed by atoms with van der Waals surface area (Å²) in [5, 5.41) is 7.09. The maximum absolute atomic E-state index is 12.6. The van der Waals surface area contributed by atoms with Gasteiger partial charge in [0.25, 0.3) is 5.91 Å². The summed E-state index contributed by atoms with van der Waals surface area (Å²) in [5.41, 5.74) is 1.43. The van der Waals surface area contributed by atoms with Gasteiger partial charge in [0.2, 0.25) is 0 Å². The zero-order valence-electron chi connectivity index (χ0n) is 12.8. The van der Waals surface area contributed by atoms with E-state index in [1.807, 2.05) is 18.2 Å². The molecule has 0 bridgehead atoms. The average Bonchev–Trinajstić information content (AvgIpc) is 3.06. The van der Waals surface area contributed by atoms with Crippen LogP contribution in [0.1, 0.15) is 34.9 Å². The second kappa shape index (κ2) is 7.61. The fourth-order valence-electron chi connectivity index (χ4n) is 2.18. The standard InChI is InChI=1S/C16H20ClN3OS/c1-4-7-20(10-13-5-6-15(17)22-13)16(21)14-9-12(18-19-14)8-11(2)3/h4-6,9,11H,1,7-8,10H2,2-3H3,(H,18,19). The molecule has 1 N–H and O–H groups in total. The molecule has 0 saturated carbocycles. The molecule has 0 aliphatic carbocycles. The topological polar surface area (TPSA) is 49.0 Å². The Morgan fingerprint density at radius 1 is 1.55 bits per heavy atom. The van der Waals surface area contributed by atoms with Crippen molar-refractivity contribution in [2.24, 2.45) is 5.92 Å². The second-order valence-corrected chi connectivity index (χ2v) is 7.36. The Labute approximate surface area is 139 Å². The Morgan fingerprint density at radius 3 is 2.91 bits per heavy atom. The van der Waals surface area contributed by atoms with Crippen molar-refractivity contribution in [1.82, 2.24) is 15.1 Å². The summed E-state index contributed by atoms with van der Waals surface area (Å²) < 4.78 is 0.722. The van der Waals surface area contributed by atoms with Gasteiger partial charge in [-0.3, -0.25) is 9.89 Å². The molecule has 0 radical (unpaired) electrons. The van der Waals surface area contributed by atoms with Crippen molar-refractivity contribution in [2.75, 3.05) is 6.54 Å². The summed E-state index contributed by atoms with van der Waals surface area (Å²) in [6.45, 7) is 8.97. The summed E-state index contributed by atoms with van der Waals surface area (Å²) in [6, 6.07) is 5.61. The van der Waals surface area contributed by atoms with E-state index in [9.17, 15) is 4.79 Å². The zero-order chi connectivity index (χ0) is 16.1. The van der Waals surface area contributed by atoms with E-state index in [0.717, 1.165) is 21.3 Å². The number of amides is 1. The normalized spacial score (nSPS) is 10.9. The molecular weight excluding hydrogens is 318 g/mol. The van der Waals surface area contributed by atoms with E-state index in [4.69, 9.17) is 11.6 Å². The van der Waals surface area contributed by atoms with Crippen molar-refractivity contribution in [1.29, 1.82) is 0 Å². The smallest absolute Gasteiger partial charge is 0.274 e. The van der Waals surface area contributed by atoms with E-state index in [1.165, 1.54) is 11.3 Å². The summed E-state index contributed by atoms with van der Waals surface area (Å²) in [4.78, 5) is 15.4. The Bertz CT molecular complexity index is 647. The van der Waals surface area contributed by atoms with Gasteiger partial charge in [-0.25, -0.2) is 0 Å². The lowest BCUT2D eigenvalue weighted by molar-refractivity contribution is 0.0758. The number of halogens is 1. The summed E-state index contributed by atoms with van der Waals surface area (Å²) >= 11 is 7.42. The number of thiophene rings is 1. The van der Waals surface area contributed by atoms with Crippen LogP contribution in [-0.4, -0.2) is 27.5 Å². The van der Waals surface area contributed by atoms with Gasteiger partial charge in [-0.15, -0.1) is 17.9 Å². The van der Waals surface area contributed by atoms with Crippen molar-refractivity contribution >= 4 is 28.8 Å². The van der Waals surface area contributed by atoms with Gasteiger partial charge in [0.1, 0.15) is 5.69 Å². The quantitative estimate of drug-likeness (QED) is 0.771. The molecule has 2 heterocycles. The summed E-state index contributed by atoms with van der Waals surface area (Å²) in [7, 11) is 0. The molecule has 0 spiro atoms. The van der Waals surface area contributed by atoms with E-state index in [2.05, 4.69) is 30.6 Å². The van der Waals surface area contributed by atoms with Crippen LogP contribution in [0.2, 0.25) is 4.34 Å². The van der Waals surface area contributed by atoms with E-state index in [0.29, 0.717) is 24.7 Å². The average molecular weight is 338 g/mol. The van der Waals surface area contributed by atoms with Crippen molar-refractivity contribution in [3.05, 3.63) is 51.5 Å². The number of H-pyrrole nitrogens is 1. The lowest BCUT2D eigenvalue weighted by Crippen LogP contribution is -2.30. The predicted molar refractivity (Wildman–Crippen MR) is 91.4 cm³/mol. The Morgan fingerprint density at radius 2 is 2.32 bits per heavy atom. The highest BCUT2D eigenvalue weighted by Gasteiger charge is 2.19. The fraction of sp³-hybridized carbons (Fsp3) is 0.375. The van der Waals surface area contributed by atoms with Crippen LogP contribution in [0.5, 0.6) is 0 Å². The molecular formula is C16H20ClN3OS. The minimum Gasteiger partial charge on any atom is -0.328 e. The molecule has 118 valence electrons. The van der Waals surface area contributed by atoms with Gasteiger partial charge in [-0.1, -0.05) is 31.5 Å². The molecule has 4 nitrogen and oxygen atoms in total. The number of nitrogens with one attached hydrogen (secondary N) is 1. The molecule has 0 aromatic carbocycles. The highest BCUT2D eigenvalue weighted by molar-refractivity contribution is 7.16. The minimum absolute atomic E-state index is 0.101. The highest BCUT2D eigenvalue weighted by atomic mass is 35.5. The molecule has 22 heavy (non-hydrogen) atoms. The summed E-state index contributed by atoms with van der Waals surface area (Å²) in [6.07, 6.45) is 2.59. The first-order valence-electron chi connectivity index (χ1n) is 7.18. The third kappa shape index (κ3) is 4.45. The molecule has 0 saturated heterocycles. The van der Waals surface area contributed by atoms with Crippen LogP contribution in [0.25, 0.3) is 0 Å². The molecule has 0 unspecified atom stereocenters. The third-order valence-electron chi connectivity index (χ3n) is 3.09. The number of carbonyl (C=O) groups excluding carboxylic acids is 1. The number of hydrogen-bond donors (Lipinski definition) is 1.